The van der Waals surface area contributed by atoms with E-state index in [4.69, 9.17) is 14.5 Å². The van der Waals surface area contributed by atoms with Crippen molar-refractivity contribution in [3.05, 3.63) is 53.5 Å². The molecule has 33 heavy (non-hydrogen) atoms. The molecular formula is C25H29N5O3. The Bertz CT molecular complexity index is 1240. The van der Waals surface area contributed by atoms with Crippen molar-refractivity contribution in [3.8, 4) is 5.75 Å². The summed E-state index contributed by atoms with van der Waals surface area (Å²) in [6.45, 7) is 3.94. The van der Waals surface area contributed by atoms with E-state index < -0.39 is 0 Å². The van der Waals surface area contributed by atoms with E-state index in [0.29, 0.717) is 0 Å². The van der Waals surface area contributed by atoms with E-state index in [0.717, 1.165) is 78.0 Å². The third kappa shape index (κ3) is 3.31. The number of nitrogens with zero attached hydrogens (tertiary/aromatic N) is 5. The van der Waals surface area contributed by atoms with Crippen LogP contribution in [0.3, 0.4) is 0 Å². The molecule has 0 amide bonds. The average Bonchev–Trinajstić information content (AvgIpc) is 3.57. The lowest BCUT2D eigenvalue weighted by molar-refractivity contribution is 0.171. The van der Waals surface area contributed by atoms with E-state index in [1.807, 2.05) is 35.9 Å². The summed E-state index contributed by atoms with van der Waals surface area (Å²) in [6, 6.07) is 8.39. The highest BCUT2D eigenvalue weighted by Gasteiger charge is 2.50. The number of aliphatic hydroxyl groups is 1. The summed E-state index contributed by atoms with van der Waals surface area (Å²) in [5, 5.41) is 15.3. The van der Waals surface area contributed by atoms with Crippen molar-refractivity contribution in [2.24, 2.45) is 7.05 Å². The molecule has 172 valence electrons. The molecular weight excluding hydrogens is 418 g/mol. The fourth-order valence-electron chi connectivity index (χ4n) is 5.19. The Morgan fingerprint density at radius 3 is 2.79 bits per heavy atom. The smallest absolute Gasteiger partial charge is 0.162 e. The van der Waals surface area contributed by atoms with Crippen molar-refractivity contribution in [2.75, 3.05) is 25.0 Å². The van der Waals surface area contributed by atoms with Crippen LogP contribution in [-0.4, -0.2) is 57.2 Å². The van der Waals surface area contributed by atoms with Crippen molar-refractivity contribution in [2.45, 2.75) is 44.6 Å². The number of fused-ring (bicyclic) bond motifs is 4. The third-order valence-corrected chi connectivity index (χ3v) is 7.15. The number of hydrogen-bond donors (Lipinski definition) is 1. The Balaban J connectivity index is 1.20. The number of likely N-dealkylation sites (N-methyl/N-ethyl adjacent to an activating group) is 1. The third-order valence-electron chi connectivity index (χ3n) is 7.15. The normalized spacial score (nSPS) is 23.7. The number of piperidine rings is 1. The van der Waals surface area contributed by atoms with Gasteiger partial charge in [-0.05, 0) is 36.2 Å². The molecule has 3 aliphatic heterocycles. The highest BCUT2D eigenvalue weighted by Crippen LogP contribution is 2.50. The lowest BCUT2D eigenvalue weighted by Crippen LogP contribution is -2.39. The quantitative estimate of drug-likeness (QED) is 0.482. The number of benzene rings is 1. The maximum atomic E-state index is 9.88. The molecule has 2 unspecified atom stereocenters. The zero-order valence-corrected chi connectivity index (χ0v) is 19.2. The molecule has 0 bridgehead atoms. The molecule has 0 aliphatic carbocycles. The summed E-state index contributed by atoms with van der Waals surface area (Å²) in [4.78, 5) is 9.38. The average molecular weight is 448 g/mol. The molecule has 0 spiro atoms. The molecule has 2 fully saturated rings. The van der Waals surface area contributed by atoms with E-state index in [-0.39, 0.29) is 18.4 Å². The first kappa shape index (κ1) is 20.4. The van der Waals surface area contributed by atoms with Gasteiger partial charge >= 0.3 is 0 Å². The van der Waals surface area contributed by atoms with Crippen molar-refractivity contribution in [1.82, 2.24) is 19.7 Å². The van der Waals surface area contributed by atoms with Crippen LogP contribution in [-0.2, 0) is 18.2 Å². The minimum atomic E-state index is 0.00652. The number of hydrogen-bond acceptors (Lipinski definition) is 7. The molecule has 5 heterocycles. The molecule has 3 aromatic rings. The van der Waals surface area contributed by atoms with Gasteiger partial charge in [-0.25, -0.2) is 4.98 Å². The van der Waals surface area contributed by atoms with Crippen LogP contribution in [0.2, 0.25) is 0 Å². The van der Waals surface area contributed by atoms with Crippen LogP contribution in [0.4, 0.5) is 5.82 Å². The van der Waals surface area contributed by atoms with Gasteiger partial charge < -0.3 is 24.4 Å². The lowest BCUT2D eigenvalue weighted by Gasteiger charge is -2.35. The number of rotatable bonds is 4. The number of pyridine rings is 1. The Labute approximate surface area is 193 Å². The summed E-state index contributed by atoms with van der Waals surface area (Å²) in [7, 11) is 3.89. The van der Waals surface area contributed by atoms with E-state index in [1.54, 1.807) is 0 Å². The predicted octanol–water partition coefficient (Wildman–Crippen LogP) is 3.78. The minimum Gasteiger partial charge on any atom is -0.513 e. The second-order valence-electron chi connectivity index (χ2n) is 9.13. The molecule has 2 atom stereocenters. The first-order chi connectivity index (χ1) is 16.1. The Morgan fingerprint density at radius 1 is 1.21 bits per heavy atom. The second-order valence-corrected chi connectivity index (χ2v) is 9.13. The van der Waals surface area contributed by atoms with Gasteiger partial charge in [-0.3, -0.25) is 4.68 Å². The van der Waals surface area contributed by atoms with Crippen LogP contribution in [0.25, 0.3) is 16.6 Å². The highest BCUT2D eigenvalue weighted by atomic mass is 16.6. The molecule has 8 heteroatoms. The maximum Gasteiger partial charge on any atom is 0.162 e. The largest absolute Gasteiger partial charge is 0.513 e. The summed E-state index contributed by atoms with van der Waals surface area (Å²) >= 11 is 0. The van der Waals surface area contributed by atoms with Crippen LogP contribution in [0, 0.1) is 0 Å². The molecule has 3 aliphatic rings. The number of anilines is 1. The van der Waals surface area contributed by atoms with Crippen molar-refractivity contribution in [3.63, 3.8) is 0 Å². The topological polar surface area (TPSA) is 79.2 Å². The van der Waals surface area contributed by atoms with Crippen LogP contribution >= 0.6 is 0 Å². The molecule has 1 aromatic carbocycles. The van der Waals surface area contributed by atoms with Crippen LogP contribution in [0.5, 0.6) is 5.75 Å². The van der Waals surface area contributed by atoms with Gasteiger partial charge in [-0.2, -0.15) is 5.10 Å². The van der Waals surface area contributed by atoms with E-state index in [1.165, 1.54) is 5.56 Å². The monoisotopic (exact) mass is 447 g/mol. The second kappa shape index (κ2) is 7.66. The standard InChI is InChI=1S/C25H29N5O3/c1-4-15-12-19-22(21(14-31)28(2)25-23(19)33-25)27-24(15)30-9-7-17(8-10-30)32-18-5-6-20-16(11-18)13-26-29(20)3/h5-6,11-14,17,23,25,31H,4,7-10H2,1-3H3/b21-14+. The summed E-state index contributed by atoms with van der Waals surface area (Å²) < 4.78 is 14.0. The van der Waals surface area contributed by atoms with Gasteiger partial charge in [0.25, 0.3) is 0 Å². The Morgan fingerprint density at radius 2 is 2.03 bits per heavy atom. The van der Waals surface area contributed by atoms with Gasteiger partial charge in [0.15, 0.2) is 6.23 Å². The molecule has 1 N–H and O–H groups in total. The fraction of sp³-hybridized carbons (Fsp3) is 0.440. The Hall–Kier alpha value is -3.26. The van der Waals surface area contributed by atoms with E-state index >= 15 is 0 Å². The van der Waals surface area contributed by atoms with Gasteiger partial charge in [-0.15, -0.1) is 0 Å². The SMILES string of the molecule is CCc1cc2c(nc1N1CCC(Oc3ccc4c(cnn4C)c3)CC1)/C(=C\O)N(C)C1OC21. The lowest BCUT2D eigenvalue weighted by atomic mass is 9.98. The molecule has 0 saturated carbocycles. The number of epoxide rings is 1. The molecule has 0 radical (unpaired) electrons. The molecule has 2 saturated heterocycles. The van der Waals surface area contributed by atoms with Crippen LogP contribution in [0.15, 0.2) is 36.7 Å². The van der Waals surface area contributed by atoms with Crippen molar-refractivity contribution < 1.29 is 14.6 Å². The molecule has 2 aromatic heterocycles. The first-order valence-corrected chi connectivity index (χ1v) is 11.7. The van der Waals surface area contributed by atoms with Crippen molar-refractivity contribution >= 4 is 22.4 Å². The van der Waals surface area contributed by atoms with Gasteiger partial charge in [0.1, 0.15) is 30.0 Å². The fourth-order valence-corrected chi connectivity index (χ4v) is 5.19. The summed E-state index contributed by atoms with van der Waals surface area (Å²) in [5.41, 5.74) is 4.97. The number of ether oxygens (including phenoxy) is 2. The van der Waals surface area contributed by atoms with E-state index in [2.05, 4.69) is 35.1 Å². The maximum absolute atomic E-state index is 9.88. The van der Waals surface area contributed by atoms with Gasteiger partial charge in [0.2, 0.25) is 0 Å². The summed E-state index contributed by atoms with van der Waals surface area (Å²) in [5.74, 6) is 1.91. The number of aromatic nitrogens is 3. The highest BCUT2D eigenvalue weighted by molar-refractivity contribution is 5.80. The zero-order chi connectivity index (χ0) is 22.7. The number of aryl methyl sites for hydroxylation is 2. The van der Waals surface area contributed by atoms with Crippen molar-refractivity contribution in [1.29, 1.82) is 0 Å². The minimum absolute atomic E-state index is 0.00652. The first-order valence-electron chi connectivity index (χ1n) is 11.7. The van der Waals surface area contributed by atoms with E-state index in [9.17, 15) is 5.11 Å². The Kier molecular flexibility index (Phi) is 4.72. The van der Waals surface area contributed by atoms with Gasteiger partial charge in [-0.1, -0.05) is 6.92 Å². The van der Waals surface area contributed by atoms with Gasteiger partial charge in [0, 0.05) is 51.0 Å². The predicted molar refractivity (Wildman–Crippen MR) is 126 cm³/mol. The molecule has 6 rings (SSSR count). The van der Waals surface area contributed by atoms with Crippen LogP contribution in [0.1, 0.15) is 42.7 Å². The van der Waals surface area contributed by atoms with Crippen LogP contribution < -0.4 is 9.64 Å². The summed E-state index contributed by atoms with van der Waals surface area (Å²) in [6.07, 6.45) is 6.04. The van der Waals surface area contributed by atoms with Gasteiger partial charge in [0.05, 0.1) is 23.1 Å². The number of aliphatic hydroxyl groups excluding tert-OH is 1. The molecule has 8 nitrogen and oxygen atoms in total. The zero-order valence-electron chi connectivity index (χ0n) is 19.2.